The Morgan fingerprint density at radius 2 is 1.84 bits per heavy atom. The molecule has 2 heterocycles. The van der Waals surface area contributed by atoms with E-state index in [1.807, 2.05) is 36.4 Å². The Balaban J connectivity index is 1.55. The van der Waals surface area contributed by atoms with Crippen LogP contribution in [0.25, 0.3) is 0 Å². The Hall–Kier alpha value is -4.46. The minimum absolute atomic E-state index is 0.220. The number of carbonyl (C=O) groups excluding carboxylic acids is 1. The number of para-hydroxylation sites is 1. The number of anilines is 2. The van der Waals surface area contributed by atoms with Gasteiger partial charge in [-0.15, -0.1) is 0 Å². The molecule has 0 saturated heterocycles. The number of pyridine rings is 1. The standard InChI is InChI=1S/C24H21N5O3/c1-29-24(31)22(21(16-27-29)32-20-11-3-2-4-12-20)28-18-10-7-8-17(14-18)23(30)26-15-19-9-5-6-13-25-19/h2-14,16,28H,15H2,1H3,(H,26,30). The number of benzene rings is 2. The molecule has 2 N–H and O–H groups in total. The molecule has 0 aliphatic heterocycles. The normalized spacial score (nSPS) is 10.4. The zero-order chi connectivity index (χ0) is 22.3. The number of rotatable bonds is 7. The van der Waals surface area contributed by atoms with Crippen LogP contribution in [-0.2, 0) is 13.6 Å². The Kier molecular flexibility index (Phi) is 6.22. The number of ether oxygens (including phenoxy) is 1. The first-order chi connectivity index (χ1) is 15.6. The average molecular weight is 427 g/mol. The molecule has 0 aliphatic carbocycles. The van der Waals surface area contributed by atoms with Crippen LogP contribution < -0.4 is 20.9 Å². The van der Waals surface area contributed by atoms with Crippen LogP contribution in [0.5, 0.6) is 11.5 Å². The summed E-state index contributed by atoms with van der Waals surface area (Å²) in [6.07, 6.45) is 3.15. The van der Waals surface area contributed by atoms with Crippen LogP contribution in [0, 0.1) is 0 Å². The first-order valence-electron chi connectivity index (χ1n) is 9.94. The van der Waals surface area contributed by atoms with E-state index in [9.17, 15) is 9.59 Å². The van der Waals surface area contributed by atoms with Crippen molar-refractivity contribution in [2.24, 2.45) is 7.05 Å². The number of hydrogen-bond acceptors (Lipinski definition) is 6. The quantitative estimate of drug-likeness (QED) is 0.467. The van der Waals surface area contributed by atoms with E-state index in [2.05, 4.69) is 20.7 Å². The van der Waals surface area contributed by atoms with Gasteiger partial charge >= 0.3 is 0 Å². The van der Waals surface area contributed by atoms with Crippen molar-refractivity contribution in [2.45, 2.75) is 6.54 Å². The highest BCUT2D eigenvalue weighted by atomic mass is 16.5. The van der Waals surface area contributed by atoms with Gasteiger partial charge in [-0.25, -0.2) is 4.68 Å². The van der Waals surface area contributed by atoms with E-state index < -0.39 is 0 Å². The van der Waals surface area contributed by atoms with Crippen LogP contribution >= 0.6 is 0 Å². The summed E-state index contributed by atoms with van der Waals surface area (Å²) in [6.45, 7) is 0.317. The van der Waals surface area contributed by atoms with E-state index in [-0.39, 0.29) is 22.9 Å². The lowest BCUT2D eigenvalue weighted by molar-refractivity contribution is 0.0950. The number of nitrogens with zero attached hydrogens (tertiary/aromatic N) is 3. The summed E-state index contributed by atoms with van der Waals surface area (Å²) in [4.78, 5) is 29.5. The van der Waals surface area contributed by atoms with E-state index in [4.69, 9.17) is 4.74 Å². The fourth-order valence-corrected chi connectivity index (χ4v) is 2.99. The molecule has 1 amide bonds. The summed E-state index contributed by atoms with van der Waals surface area (Å²) in [5, 5.41) is 9.97. The Bertz CT molecular complexity index is 1270. The summed E-state index contributed by atoms with van der Waals surface area (Å²) in [7, 11) is 1.56. The molecule has 4 rings (SSSR count). The maximum absolute atomic E-state index is 12.7. The van der Waals surface area contributed by atoms with Crippen LogP contribution in [0.1, 0.15) is 16.1 Å². The zero-order valence-corrected chi connectivity index (χ0v) is 17.4. The second-order valence-electron chi connectivity index (χ2n) is 6.94. The monoisotopic (exact) mass is 427 g/mol. The molecular weight excluding hydrogens is 406 g/mol. The Morgan fingerprint density at radius 1 is 1.03 bits per heavy atom. The number of aromatic nitrogens is 3. The van der Waals surface area contributed by atoms with E-state index in [0.29, 0.717) is 23.5 Å². The summed E-state index contributed by atoms with van der Waals surface area (Å²) in [5.41, 5.74) is 1.64. The average Bonchev–Trinajstić information content (AvgIpc) is 2.84. The van der Waals surface area contributed by atoms with Crippen molar-refractivity contribution < 1.29 is 9.53 Å². The van der Waals surface area contributed by atoms with Crippen molar-refractivity contribution >= 4 is 17.3 Å². The van der Waals surface area contributed by atoms with E-state index in [1.165, 1.54) is 10.9 Å². The molecule has 8 nitrogen and oxygen atoms in total. The van der Waals surface area contributed by atoms with Gasteiger partial charge in [0.2, 0.25) is 0 Å². The largest absolute Gasteiger partial charge is 0.453 e. The number of hydrogen-bond donors (Lipinski definition) is 2. The van der Waals surface area contributed by atoms with E-state index in [1.54, 1.807) is 49.6 Å². The molecule has 0 bridgehead atoms. The molecule has 8 heteroatoms. The van der Waals surface area contributed by atoms with Crippen molar-refractivity contribution in [3.63, 3.8) is 0 Å². The summed E-state index contributed by atoms with van der Waals surface area (Å²) >= 11 is 0. The minimum atomic E-state index is -0.358. The van der Waals surface area contributed by atoms with Gasteiger partial charge in [0.25, 0.3) is 11.5 Å². The topological polar surface area (TPSA) is 98.1 Å². The highest BCUT2D eigenvalue weighted by Crippen LogP contribution is 2.28. The van der Waals surface area contributed by atoms with Crippen LogP contribution in [0.4, 0.5) is 11.4 Å². The van der Waals surface area contributed by atoms with Crippen molar-refractivity contribution in [2.75, 3.05) is 5.32 Å². The van der Waals surface area contributed by atoms with E-state index in [0.717, 1.165) is 5.69 Å². The highest BCUT2D eigenvalue weighted by Gasteiger charge is 2.14. The van der Waals surface area contributed by atoms with Gasteiger partial charge in [-0.05, 0) is 42.5 Å². The highest BCUT2D eigenvalue weighted by molar-refractivity contribution is 5.95. The number of carbonyl (C=O) groups is 1. The number of aryl methyl sites for hydroxylation is 1. The fourth-order valence-electron chi connectivity index (χ4n) is 2.99. The van der Waals surface area contributed by atoms with Crippen molar-refractivity contribution in [1.82, 2.24) is 20.1 Å². The molecule has 4 aromatic rings. The van der Waals surface area contributed by atoms with E-state index >= 15 is 0 Å². The molecule has 0 spiro atoms. The van der Waals surface area contributed by atoms with Gasteiger partial charge in [-0.1, -0.05) is 30.3 Å². The van der Waals surface area contributed by atoms with Gasteiger partial charge in [0, 0.05) is 24.5 Å². The maximum atomic E-state index is 12.7. The maximum Gasteiger partial charge on any atom is 0.294 e. The Labute approximate surface area is 184 Å². The van der Waals surface area contributed by atoms with Gasteiger partial charge < -0.3 is 15.4 Å². The molecule has 0 fully saturated rings. The molecule has 0 radical (unpaired) electrons. The van der Waals surface area contributed by atoms with Gasteiger partial charge in [0.05, 0.1) is 18.4 Å². The van der Waals surface area contributed by atoms with Gasteiger partial charge in [-0.3, -0.25) is 14.6 Å². The third-order valence-electron chi connectivity index (χ3n) is 4.62. The second-order valence-corrected chi connectivity index (χ2v) is 6.94. The zero-order valence-electron chi connectivity index (χ0n) is 17.4. The van der Waals surface area contributed by atoms with Gasteiger partial charge in [0.15, 0.2) is 11.4 Å². The van der Waals surface area contributed by atoms with Crippen molar-refractivity contribution in [1.29, 1.82) is 0 Å². The lowest BCUT2D eigenvalue weighted by Crippen LogP contribution is -2.24. The number of nitrogens with one attached hydrogen (secondary N) is 2. The smallest absolute Gasteiger partial charge is 0.294 e. The van der Waals surface area contributed by atoms with Gasteiger partial charge in [0.1, 0.15) is 5.75 Å². The van der Waals surface area contributed by atoms with Gasteiger partial charge in [-0.2, -0.15) is 5.10 Å². The molecule has 0 unspecified atom stereocenters. The third kappa shape index (κ3) is 4.99. The molecule has 2 aromatic heterocycles. The first kappa shape index (κ1) is 20.8. The summed E-state index contributed by atoms with van der Waals surface area (Å²) in [6, 6.07) is 21.5. The van der Waals surface area contributed by atoms with Crippen LogP contribution in [0.3, 0.4) is 0 Å². The molecule has 0 aliphatic rings. The molecule has 160 valence electrons. The molecule has 0 saturated carbocycles. The Morgan fingerprint density at radius 3 is 2.62 bits per heavy atom. The number of amides is 1. The summed E-state index contributed by atoms with van der Waals surface area (Å²) < 4.78 is 7.07. The SMILES string of the molecule is Cn1ncc(Oc2ccccc2)c(Nc2cccc(C(=O)NCc3ccccn3)c2)c1=O. The van der Waals surface area contributed by atoms with Crippen LogP contribution in [0.15, 0.2) is 90.0 Å². The molecular formula is C24H21N5O3. The summed E-state index contributed by atoms with van der Waals surface area (Å²) in [5.74, 6) is 0.611. The first-order valence-corrected chi connectivity index (χ1v) is 9.94. The van der Waals surface area contributed by atoms with Crippen LogP contribution in [-0.4, -0.2) is 20.7 Å². The predicted molar refractivity (Wildman–Crippen MR) is 121 cm³/mol. The lowest BCUT2D eigenvalue weighted by atomic mass is 10.2. The van der Waals surface area contributed by atoms with Crippen LogP contribution in [0.2, 0.25) is 0 Å². The lowest BCUT2D eigenvalue weighted by Gasteiger charge is -2.14. The molecule has 32 heavy (non-hydrogen) atoms. The predicted octanol–water partition coefficient (Wildman–Crippen LogP) is 3.64. The molecule has 0 atom stereocenters. The van der Waals surface area contributed by atoms with Crippen molar-refractivity contribution in [3.05, 3.63) is 107 Å². The second kappa shape index (κ2) is 9.57. The van der Waals surface area contributed by atoms with Crippen molar-refractivity contribution in [3.8, 4) is 11.5 Å². The fraction of sp³-hybridized carbons (Fsp3) is 0.0833. The molecule has 2 aromatic carbocycles. The third-order valence-corrected chi connectivity index (χ3v) is 4.62. The minimum Gasteiger partial charge on any atom is -0.453 e.